The molecule has 1 aromatic rings. The van der Waals surface area contributed by atoms with Crippen molar-refractivity contribution < 1.29 is 13.2 Å². The van der Waals surface area contributed by atoms with Gasteiger partial charge in [-0.25, -0.2) is 17.9 Å². The largest absolute Gasteiger partial charge is 0.351 e. The van der Waals surface area contributed by atoms with Gasteiger partial charge in [0.05, 0.1) is 5.02 Å². The molecule has 2 amide bonds. The fraction of sp³-hybridized carbons (Fsp3) is 0. The second-order valence-corrected chi connectivity index (χ2v) is 5.04. The third kappa shape index (κ3) is 2.98. The predicted molar refractivity (Wildman–Crippen MR) is 56.4 cm³/mol. The number of hydrogen-bond acceptors (Lipinski definition) is 3. The van der Waals surface area contributed by atoms with Gasteiger partial charge in [0.15, 0.2) is 0 Å². The smallest absolute Gasteiger partial charge is 0.326 e. The molecule has 0 saturated carbocycles. The molecular formula is C7H6Cl2N2O3S. The summed E-state index contributed by atoms with van der Waals surface area (Å²) in [6.07, 6.45) is 0. The molecule has 3 N–H and O–H groups in total. The Bertz CT molecular complexity index is 501. The van der Waals surface area contributed by atoms with Crippen LogP contribution in [-0.4, -0.2) is 14.4 Å². The fourth-order valence-electron chi connectivity index (χ4n) is 0.881. The highest BCUT2D eigenvalue weighted by atomic mass is 35.5. The number of nitrogens with two attached hydrogens (primary N) is 1. The van der Waals surface area contributed by atoms with Crippen molar-refractivity contribution in [3.63, 3.8) is 0 Å². The summed E-state index contributed by atoms with van der Waals surface area (Å²) in [5, 5.41) is 0.203. The van der Waals surface area contributed by atoms with Gasteiger partial charge in [-0.05, 0) is 18.2 Å². The van der Waals surface area contributed by atoms with Crippen LogP contribution in [0.3, 0.4) is 0 Å². The lowest BCUT2D eigenvalue weighted by atomic mass is 10.4. The van der Waals surface area contributed by atoms with E-state index in [9.17, 15) is 13.2 Å². The summed E-state index contributed by atoms with van der Waals surface area (Å²) in [6, 6.07) is 2.58. The molecule has 0 atom stereocenters. The topological polar surface area (TPSA) is 89.3 Å². The molecule has 1 rings (SSSR count). The summed E-state index contributed by atoms with van der Waals surface area (Å²) in [5.74, 6) is 0. The average Bonchev–Trinajstić information content (AvgIpc) is 1.99. The Morgan fingerprint density at radius 2 is 1.93 bits per heavy atom. The molecule has 0 aliphatic carbocycles. The highest BCUT2D eigenvalue weighted by Gasteiger charge is 2.19. The van der Waals surface area contributed by atoms with Crippen LogP contribution in [0.2, 0.25) is 10.0 Å². The summed E-state index contributed by atoms with van der Waals surface area (Å²) < 4.78 is 24.4. The first-order valence-corrected chi connectivity index (χ1v) is 5.84. The number of sulfonamides is 1. The molecule has 0 saturated heterocycles. The third-order valence-electron chi connectivity index (χ3n) is 1.42. The van der Waals surface area contributed by atoms with Gasteiger partial charge < -0.3 is 5.73 Å². The number of primary amides is 1. The van der Waals surface area contributed by atoms with Gasteiger partial charge in [-0.1, -0.05) is 23.2 Å². The lowest BCUT2D eigenvalue weighted by Crippen LogP contribution is -2.35. The molecule has 1 aromatic carbocycles. The molecule has 0 aliphatic rings. The second kappa shape index (κ2) is 4.26. The van der Waals surface area contributed by atoms with Crippen LogP contribution < -0.4 is 10.5 Å². The monoisotopic (exact) mass is 268 g/mol. The number of rotatable bonds is 2. The molecule has 0 spiro atoms. The summed E-state index contributed by atoms with van der Waals surface area (Å²) >= 11 is 11.2. The zero-order valence-corrected chi connectivity index (χ0v) is 9.53. The summed E-state index contributed by atoms with van der Waals surface area (Å²) in [7, 11) is -4.02. The SMILES string of the molecule is NC(=O)NS(=O)(=O)c1ccc(Cl)cc1Cl. The van der Waals surface area contributed by atoms with E-state index < -0.39 is 16.1 Å². The lowest BCUT2D eigenvalue weighted by molar-refractivity contribution is 0.253. The van der Waals surface area contributed by atoms with E-state index in [4.69, 9.17) is 28.9 Å². The van der Waals surface area contributed by atoms with Gasteiger partial charge in [-0.15, -0.1) is 0 Å². The first kappa shape index (κ1) is 12.1. The molecule has 0 radical (unpaired) electrons. The van der Waals surface area contributed by atoms with Crippen LogP contribution in [0.4, 0.5) is 4.79 Å². The Balaban J connectivity index is 3.22. The number of urea groups is 1. The Labute approximate surface area is 96.2 Å². The second-order valence-electron chi connectivity index (χ2n) is 2.54. The van der Waals surface area contributed by atoms with E-state index in [-0.39, 0.29) is 14.9 Å². The average molecular weight is 269 g/mol. The van der Waals surface area contributed by atoms with E-state index >= 15 is 0 Å². The van der Waals surface area contributed by atoms with Crippen molar-refractivity contribution in [2.24, 2.45) is 5.73 Å². The Kier molecular flexibility index (Phi) is 3.43. The van der Waals surface area contributed by atoms with Gasteiger partial charge in [0.2, 0.25) is 0 Å². The van der Waals surface area contributed by atoms with E-state index in [0.717, 1.165) is 0 Å². The minimum atomic E-state index is -4.02. The first-order chi connectivity index (χ1) is 6.83. The molecule has 0 heterocycles. The number of nitrogens with one attached hydrogen (secondary N) is 1. The van der Waals surface area contributed by atoms with Crippen LogP contribution in [0.5, 0.6) is 0 Å². The van der Waals surface area contributed by atoms with Crippen molar-refractivity contribution in [1.82, 2.24) is 4.72 Å². The van der Waals surface area contributed by atoms with Crippen LogP contribution >= 0.6 is 23.2 Å². The molecule has 5 nitrogen and oxygen atoms in total. The zero-order chi connectivity index (χ0) is 11.6. The quantitative estimate of drug-likeness (QED) is 0.849. The number of benzene rings is 1. The molecule has 0 fully saturated rings. The number of carbonyl (C=O) groups is 1. The van der Waals surface area contributed by atoms with Crippen LogP contribution in [0, 0.1) is 0 Å². The fourth-order valence-corrected chi connectivity index (χ4v) is 2.53. The predicted octanol–water partition coefficient (Wildman–Crippen LogP) is 1.35. The van der Waals surface area contributed by atoms with Crippen molar-refractivity contribution in [3.8, 4) is 0 Å². The molecule has 0 aromatic heterocycles. The Hall–Kier alpha value is -0.980. The van der Waals surface area contributed by atoms with E-state index in [1.807, 2.05) is 0 Å². The maximum Gasteiger partial charge on any atom is 0.326 e. The van der Waals surface area contributed by atoms with Crippen LogP contribution in [0.25, 0.3) is 0 Å². The first-order valence-electron chi connectivity index (χ1n) is 3.60. The van der Waals surface area contributed by atoms with Gasteiger partial charge in [-0.3, -0.25) is 0 Å². The van der Waals surface area contributed by atoms with E-state index in [2.05, 4.69) is 0 Å². The molecule has 0 bridgehead atoms. The van der Waals surface area contributed by atoms with E-state index in [0.29, 0.717) is 0 Å². The molecule has 15 heavy (non-hydrogen) atoms. The summed E-state index contributed by atoms with van der Waals surface area (Å²) in [4.78, 5) is 10.2. The molecule has 0 aliphatic heterocycles. The summed E-state index contributed by atoms with van der Waals surface area (Å²) in [6.45, 7) is 0. The van der Waals surface area contributed by atoms with E-state index in [1.54, 1.807) is 4.72 Å². The molecule has 82 valence electrons. The number of amides is 2. The van der Waals surface area contributed by atoms with E-state index in [1.165, 1.54) is 18.2 Å². The van der Waals surface area contributed by atoms with Gasteiger partial charge in [-0.2, -0.15) is 0 Å². The summed E-state index contributed by atoms with van der Waals surface area (Å²) in [5.41, 5.74) is 4.70. The highest BCUT2D eigenvalue weighted by molar-refractivity contribution is 7.90. The molecule has 0 unspecified atom stereocenters. The Morgan fingerprint density at radius 1 is 1.33 bits per heavy atom. The van der Waals surface area contributed by atoms with Crippen molar-refractivity contribution in [2.75, 3.05) is 0 Å². The highest BCUT2D eigenvalue weighted by Crippen LogP contribution is 2.24. The van der Waals surface area contributed by atoms with Gasteiger partial charge >= 0.3 is 6.03 Å². The van der Waals surface area contributed by atoms with Gasteiger partial charge in [0, 0.05) is 5.02 Å². The minimum absolute atomic E-state index is 0.0868. The van der Waals surface area contributed by atoms with Gasteiger partial charge in [0.25, 0.3) is 10.0 Å². The van der Waals surface area contributed by atoms with Crippen LogP contribution in [0.1, 0.15) is 0 Å². The normalized spacial score (nSPS) is 11.1. The standard InChI is InChI=1S/C7H6Cl2N2O3S/c8-4-1-2-6(5(9)3-4)15(13,14)11-7(10)12/h1-3H,(H3,10,11,12). The van der Waals surface area contributed by atoms with Crippen molar-refractivity contribution in [2.45, 2.75) is 4.90 Å². The number of hydrogen-bond donors (Lipinski definition) is 2. The third-order valence-corrected chi connectivity index (χ3v) is 3.48. The maximum absolute atomic E-state index is 11.4. The van der Waals surface area contributed by atoms with Crippen molar-refractivity contribution in [1.29, 1.82) is 0 Å². The van der Waals surface area contributed by atoms with Crippen LogP contribution in [0.15, 0.2) is 23.1 Å². The van der Waals surface area contributed by atoms with Crippen molar-refractivity contribution in [3.05, 3.63) is 28.2 Å². The zero-order valence-electron chi connectivity index (χ0n) is 7.20. The van der Waals surface area contributed by atoms with Crippen LogP contribution in [-0.2, 0) is 10.0 Å². The number of carbonyl (C=O) groups excluding carboxylic acids is 1. The maximum atomic E-state index is 11.4. The van der Waals surface area contributed by atoms with Crippen molar-refractivity contribution >= 4 is 39.3 Å². The number of halogens is 2. The minimum Gasteiger partial charge on any atom is -0.351 e. The molecule has 8 heteroatoms. The van der Waals surface area contributed by atoms with Gasteiger partial charge in [0.1, 0.15) is 4.90 Å². The lowest BCUT2D eigenvalue weighted by Gasteiger charge is -2.06. The molecular weight excluding hydrogens is 263 g/mol. The Morgan fingerprint density at radius 3 is 2.40 bits per heavy atom.